The first kappa shape index (κ1) is 17.4. The molecule has 1 aromatic carbocycles. The number of non-ortho nitro benzene ring substituents is 1. The van der Waals surface area contributed by atoms with Crippen molar-refractivity contribution < 1.29 is 32.8 Å². The van der Waals surface area contributed by atoms with Gasteiger partial charge in [0, 0.05) is 23.3 Å². The third-order valence-corrected chi connectivity index (χ3v) is 3.52. The first-order chi connectivity index (χ1) is 11.1. The summed E-state index contributed by atoms with van der Waals surface area (Å²) in [5.41, 5.74) is -3.04. The molecule has 0 radical (unpaired) electrons. The zero-order valence-corrected chi connectivity index (χ0v) is 12.0. The van der Waals surface area contributed by atoms with Crippen molar-refractivity contribution in [2.24, 2.45) is 0 Å². The van der Waals surface area contributed by atoms with Crippen LogP contribution in [0.2, 0.25) is 0 Å². The number of halogens is 3. The molecule has 24 heavy (non-hydrogen) atoms. The Morgan fingerprint density at radius 1 is 1.21 bits per heavy atom. The summed E-state index contributed by atoms with van der Waals surface area (Å²) in [7, 11) is 0. The number of nitrogens with zero attached hydrogens (tertiary/aromatic N) is 1. The lowest BCUT2D eigenvalue weighted by molar-refractivity contribution is -0.385. The molecule has 2 N–H and O–H groups in total. The van der Waals surface area contributed by atoms with Crippen LogP contribution in [0, 0.1) is 10.1 Å². The van der Waals surface area contributed by atoms with E-state index in [1.54, 1.807) is 0 Å². The van der Waals surface area contributed by atoms with Crippen LogP contribution >= 0.6 is 0 Å². The molecular formula is C14H11F3N2O5. The lowest BCUT2D eigenvalue weighted by Gasteiger charge is -2.14. The Bertz CT molecular complexity index is 755. The molecular weight excluding hydrogens is 333 g/mol. The number of benzene rings is 1. The van der Waals surface area contributed by atoms with Gasteiger partial charge in [-0.1, -0.05) is 0 Å². The third-order valence-electron chi connectivity index (χ3n) is 3.52. The summed E-state index contributed by atoms with van der Waals surface area (Å²) >= 11 is 0. The first-order valence-electron chi connectivity index (χ1n) is 6.73. The number of carbonyl (C=O) groups is 2. The van der Waals surface area contributed by atoms with E-state index in [1.165, 1.54) is 0 Å². The molecule has 0 aliphatic heterocycles. The predicted octanol–water partition coefficient (Wildman–Crippen LogP) is 3.12. The highest BCUT2D eigenvalue weighted by Gasteiger charge is 2.36. The number of hydrogen-bond donors (Lipinski definition) is 2. The number of alkyl halides is 3. The zero-order chi connectivity index (χ0) is 18.1. The second-order valence-corrected chi connectivity index (χ2v) is 5.05. The molecule has 1 aromatic rings. The predicted molar refractivity (Wildman–Crippen MR) is 75.2 cm³/mol. The molecule has 0 aromatic heterocycles. The zero-order valence-electron chi connectivity index (χ0n) is 12.0. The number of rotatable bonds is 4. The Hall–Kier alpha value is -2.91. The van der Waals surface area contributed by atoms with Crippen molar-refractivity contribution in [2.45, 2.75) is 25.4 Å². The van der Waals surface area contributed by atoms with Gasteiger partial charge in [0.15, 0.2) is 0 Å². The van der Waals surface area contributed by atoms with Gasteiger partial charge in [-0.15, -0.1) is 0 Å². The summed E-state index contributed by atoms with van der Waals surface area (Å²) in [4.78, 5) is 32.8. The lowest BCUT2D eigenvalue weighted by Crippen LogP contribution is -2.19. The van der Waals surface area contributed by atoms with E-state index >= 15 is 0 Å². The second kappa shape index (κ2) is 6.30. The van der Waals surface area contributed by atoms with Crippen molar-refractivity contribution in [3.8, 4) is 0 Å². The molecule has 0 saturated carbocycles. The molecule has 0 unspecified atom stereocenters. The smallest absolute Gasteiger partial charge is 0.418 e. The van der Waals surface area contributed by atoms with Crippen LogP contribution in [0.1, 0.15) is 24.8 Å². The van der Waals surface area contributed by atoms with E-state index in [-0.39, 0.29) is 24.0 Å². The number of aliphatic carboxylic acids is 1. The number of amides is 1. The number of nitro benzene ring substituents is 1. The molecule has 1 aliphatic rings. The van der Waals surface area contributed by atoms with E-state index in [0.717, 1.165) is 12.1 Å². The van der Waals surface area contributed by atoms with Crippen LogP contribution < -0.4 is 5.32 Å². The SMILES string of the molecule is O=C(O)C1=C(C(=O)Nc2ccc([N+](=O)[O-])cc2C(F)(F)F)CCC1. The Morgan fingerprint density at radius 2 is 1.83 bits per heavy atom. The van der Waals surface area contributed by atoms with Crippen molar-refractivity contribution in [2.75, 3.05) is 5.32 Å². The topological polar surface area (TPSA) is 110 Å². The highest BCUT2D eigenvalue weighted by atomic mass is 19.4. The minimum atomic E-state index is -4.92. The van der Waals surface area contributed by atoms with Gasteiger partial charge in [0.2, 0.25) is 0 Å². The van der Waals surface area contributed by atoms with Crippen LogP contribution in [-0.4, -0.2) is 21.9 Å². The standard InChI is InChI=1S/C14H11F3N2O5/c15-14(16,17)10-6-7(19(23)24)4-5-11(10)18-12(20)8-2-1-3-9(8)13(21)22/h4-6H,1-3H2,(H,18,20)(H,21,22). The molecule has 10 heteroatoms. The van der Waals surface area contributed by atoms with Crippen molar-refractivity contribution >= 4 is 23.3 Å². The monoisotopic (exact) mass is 344 g/mol. The fourth-order valence-corrected chi connectivity index (χ4v) is 2.42. The van der Waals surface area contributed by atoms with Gasteiger partial charge in [0.05, 0.1) is 16.2 Å². The van der Waals surface area contributed by atoms with Crippen molar-refractivity contribution in [3.63, 3.8) is 0 Å². The van der Waals surface area contributed by atoms with Crippen molar-refractivity contribution in [1.82, 2.24) is 0 Å². The molecule has 0 fully saturated rings. The summed E-state index contributed by atoms with van der Waals surface area (Å²) in [6, 6.07) is 1.91. The fraction of sp³-hybridized carbons (Fsp3) is 0.286. The Labute approximate surface area is 132 Å². The van der Waals surface area contributed by atoms with Gasteiger partial charge in [0.25, 0.3) is 11.6 Å². The van der Waals surface area contributed by atoms with Crippen molar-refractivity contribution in [1.29, 1.82) is 0 Å². The molecule has 128 valence electrons. The van der Waals surface area contributed by atoms with E-state index in [4.69, 9.17) is 5.11 Å². The maximum atomic E-state index is 13.0. The van der Waals surface area contributed by atoms with Gasteiger partial charge in [-0.2, -0.15) is 13.2 Å². The van der Waals surface area contributed by atoms with Gasteiger partial charge in [0.1, 0.15) is 0 Å². The van der Waals surface area contributed by atoms with E-state index < -0.39 is 39.9 Å². The summed E-state index contributed by atoms with van der Waals surface area (Å²) in [6.45, 7) is 0. The highest BCUT2D eigenvalue weighted by Crippen LogP contribution is 2.37. The molecule has 0 spiro atoms. The lowest BCUT2D eigenvalue weighted by atomic mass is 10.1. The molecule has 1 aliphatic carbocycles. The fourth-order valence-electron chi connectivity index (χ4n) is 2.42. The minimum absolute atomic E-state index is 0.0889. The first-order valence-corrected chi connectivity index (χ1v) is 6.73. The molecule has 1 amide bonds. The number of nitrogens with one attached hydrogen (secondary N) is 1. The number of nitro groups is 1. The summed E-state index contributed by atoms with van der Waals surface area (Å²) in [5, 5.41) is 21.6. The minimum Gasteiger partial charge on any atom is -0.478 e. The van der Waals surface area contributed by atoms with Crippen LogP contribution in [0.5, 0.6) is 0 Å². The van der Waals surface area contributed by atoms with Gasteiger partial charge < -0.3 is 10.4 Å². The average molecular weight is 344 g/mol. The molecule has 0 heterocycles. The van der Waals surface area contributed by atoms with Gasteiger partial charge in [-0.05, 0) is 25.3 Å². The van der Waals surface area contributed by atoms with Crippen molar-refractivity contribution in [3.05, 3.63) is 45.0 Å². The van der Waals surface area contributed by atoms with E-state index in [0.29, 0.717) is 12.5 Å². The normalized spacial score (nSPS) is 14.6. The number of hydrogen-bond acceptors (Lipinski definition) is 4. The Morgan fingerprint density at radius 3 is 2.38 bits per heavy atom. The van der Waals surface area contributed by atoms with E-state index in [1.807, 2.05) is 5.32 Å². The maximum Gasteiger partial charge on any atom is 0.418 e. The number of anilines is 1. The molecule has 0 atom stereocenters. The second-order valence-electron chi connectivity index (χ2n) is 5.05. The summed E-state index contributed by atoms with van der Waals surface area (Å²) in [6.07, 6.45) is -4.21. The van der Waals surface area contributed by atoms with Crippen LogP contribution in [0.25, 0.3) is 0 Å². The molecule has 0 bridgehead atoms. The van der Waals surface area contributed by atoms with E-state index in [9.17, 15) is 32.9 Å². The van der Waals surface area contributed by atoms with Crippen LogP contribution in [0.15, 0.2) is 29.3 Å². The molecule has 2 rings (SSSR count). The van der Waals surface area contributed by atoms with Crippen LogP contribution in [0.4, 0.5) is 24.5 Å². The maximum absolute atomic E-state index is 13.0. The van der Waals surface area contributed by atoms with Gasteiger partial charge in [-0.3, -0.25) is 14.9 Å². The number of carbonyl (C=O) groups excluding carboxylic acids is 1. The number of carboxylic acids is 1. The highest BCUT2D eigenvalue weighted by molar-refractivity contribution is 6.09. The van der Waals surface area contributed by atoms with Gasteiger partial charge in [-0.25, -0.2) is 4.79 Å². The summed E-state index contributed by atoms with van der Waals surface area (Å²) < 4.78 is 39.1. The largest absolute Gasteiger partial charge is 0.478 e. The number of carboxylic acid groups (broad SMARTS) is 1. The quantitative estimate of drug-likeness (QED) is 0.644. The van der Waals surface area contributed by atoms with Crippen LogP contribution in [-0.2, 0) is 15.8 Å². The molecule has 7 nitrogen and oxygen atoms in total. The Balaban J connectivity index is 2.39. The third kappa shape index (κ3) is 3.53. The van der Waals surface area contributed by atoms with E-state index in [2.05, 4.69) is 0 Å². The molecule has 0 saturated heterocycles. The summed E-state index contributed by atoms with van der Waals surface area (Å²) in [5.74, 6) is -2.25. The van der Waals surface area contributed by atoms with Crippen LogP contribution in [0.3, 0.4) is 0 Å². The average Bonchev–Trinajstić information content (AvgIpc) is 2.95. The van der Waals surface area contributed by atoms with Gasteiger partial charge >= 0.3 is 12.1 Å². The Kier molecular flexibility index (Phi) is 4.58.